The molecule has 22 heavy (non-hydrogen) atoms. The monoisotopic (exact) mass is 354 g/mol. The van der Waals surface area contributed by atoms with Crippen LogP contribution >= 0.6 is 0 Å². The van der Waals surface area contributed by atoms with Gasteiger partial charge in [-0.1, -0.05) is 0 Å². The molecule has 0 aromatic heterocycles. The van der Waals surface area contributed by atoms with Gasteiger partial charge in [0.2, 0.25) is 0 Å². The van der Waals surface area contributed by atoms with E-state index in [1.165, 1.54) is 6.92 Å². The lowest BCUT2D eigenvalue weighted by molar-refractivity contribution is -0.292. The molecule has 0 rings (SSSR count). The maximum atomic E-state index is 11.3. The van der Waals surface area contributed by atoms with E-state index in [9.17, 15) is 49.1 Å². The summed E-state index contributed by atoms with van der Waals surface area (Å²) in [5.74, 6) is -6.40. The molecule has 0 saturated carbocycles. The van der Waals surface area contributed by atoms with E-state index < -0.39 is 36.8 Å². The molecule has 0 amide bonds. The summed E-state index contributed by atoms with van der Waals surface area (Å²) < 4.78 is 107. The van der Waals surface area contributed by atoms with Crippen LogP contribution < -0.4 is 0 Å². The molecule has 1 atom stereocenters. The Morgan fingerprint density at radius 3 is 1.36 bits per heavy atom. The van der Waals surface area contributed by atoms with E-state index in [1.54, 1.807) is 0 Å². The lowest BCUT2D eigenvalue weighted by atomic mass is 10.6. The Bertz CT molecular complexity index is 346. The first-order valence-corrected chi connectivity index (χ1v) is 4.80. The molecular weight excluding hydrogens is 347 g/mol. The molecular formula is C8H7F9O5. The van der Waals surface area contributed by atoms with E-state index in [0.717, 1.165) is 0 Å². The third kappa shape index (κ3) is 10.2. The van der Waals surface area contributed by atoms with E-state index in [4.69, 9.17) is 5.11 Å². The summed E-state index contributed by atoms with van der Waals surface area (Å²) in [7, 11) is 0. The Hall–Kier alpha value is -1.57. The van der Waals surface area contributed by atoms with Crippen molar-refractivity contribution < 1.29 is 63.7 Å². The lowest BCUT2D eigenvalue weighted by Gasteiger charge is -2.12. The predicted octanol–water partition coefficient (Wildman–Crippen LogP) is 2.08. The zero-order valence-corrected chi connectivity index (χ0v) is 10.3. The van der Waals surface area contributed by atoms with Crippen LogP contribution in [0.15, 0.2) is 0 Å². The quantitative estimate of drug-likeness (QED) is 0.356. The molecule has 132 valence electrons. The average molecular weight is 354 g/mol. The zero-order valence-electron chi connectivity index (χ0n) is 10.3. The van der Waals surface area contributed by atoms with Gasteiger partial charge in [-0.25, -0.2) is 9.59 Å². The summed E-state index contributed by atoms with van der Waals surface area (Å²) in [5, 5.41) is 8.04. The number of halogens is 9. The van der Waals surface area contributed by atoms with Gasteiger partial charge in [0.05, 0.1) is 0 Å². The molecule has 0 bridgehead atoms. The van der Waals surface area contributed by atoms with Crippen molar-refractivity contribution >= 4 is 11.9 Å². The number of rotatable bonds is 2. The second kappa shape index (κ2) is 8.17. The fraction of sp³-hybridized carbons (Fsp3) is 0.750. The lowest BCUT2D eigenvalue weighted by Crippen LogP contribution is -2.34. The van der Waals surface area contributed by atoms with Gasteiger partial charge in [-0.2, -0.15) is 39.5 Å². The summed E-state index contributed by atoms with van der Waals surface area (Å²) in [6.07, 6.45) is -18.5. The normalized spacial score (nSPS) is 13.8. The molecule has 0 saturated heterocycles. The number of ether oxygens (including phenoxy) is 2. The number of carbonyl (C=O) groups is 2. The van der Waals surface area contributed by atoms with Gasteiger partial charge in [-0.05, 0) is 6.92 Å². The Balaban J connectivity index is 0. The summed E-state index contributed by atoms with van der Waals surface area (Å²) >= 11 is 0. The summed E-state index contributed by atoms with van der Waals surface area (Å²) in [6.45, 7) is 1.22. The van der Waals surface area contributed by atoms with Crippen molar-refractivity contribution in [3.05, 3.63) is 0 Å². The van der Waals surface area contributed by atoms with Gasteiger partial charge in [0, 0.05) is 6.61 Å². The van der Waals surface area contributed by atoms with Crippen LogP contribution in [0.2, 0.25) is 0 Å². The van der Waals surface area contributed by atoms with Gasteiger partial charge in [-0.15, -0.1) is 0 Å². The minimum atomic E-state index is -5.62. The summed E-state index contributed by atoms with van der Waals surface area (Å²) in [4.78, 5) is 19.3. The number of hydrogen-bond donors (Lipinski definition) is 1. The summed E-state index contributed by atoms with van der Waals surface area (Å²) in [6, 6.07) is 0. The molecule has 0 aromatic rings. The van der Waals surface area contributed by atoms with Crippen LogP contribution in [0.3, 0.4) is 0 Å². The van der Waals surface area contributed by atoms with Gasteiger partial charge in [-0.3, -0.25) is 0 Å². The largest absolute Gasteiger partial charge is 0.491 e. The number of alkyl halides is 9. The minimum absolute atomic E-state index is 0.152. The highest BCUT2D eigenvalue weighted by Crippen LogP contribution is 2.21. The number of aliphatic hydroxyl groups excluding tert-OH is 1. The molecule has 1 N–H and O–H groups in total. The minimum Gasteiger partial charge on any atom is -0.380 e. The standard InChI is InChI=1S/C4F6O3.C4H7F3O2/c5-3(6,7)1(11)13-2(12)4(8,9)10;1-2-9-3(8)4(5,6)7/h;3,8H,2H2,1H3. The first-order valence-electron chi connectivity index (χ1n) is 4.80. The molecule has 0 aromatic carbocycles. The van der Waals surface area contributed by atoms with Crippen molar-refractivity contribution in [2.75, 3.05) is 6.61 Å². The van der Waals surface area contributed by atoms with E-state index in [-0.39, 0.29) is 6.61 Å². The van der Waals surface area contributed by atoms with Crippen LogP contribution in [-0.2, 0) is 19.1 Å². The number of esters is 2. The Kier molecular flexibility index (Phi) is 8.43. The van der Waals surface area contributed by atoms with Crippen LogP contribution in [0.4, 0.5) is 39.5 Å². The second-order valence-corrected chi connectivity index (χ2v) is 3.02. The fourth-order valence-electron chi connectivity index (χ4n) is 0.452. The fourth-order valence-corrected chi connectivity index (χ4v) is 0.452. The van der Waals surface area contributed by atoms with Gasteiger partial charge < -0.3 is 14.6 Å². The zero-order chi connectivity index (χ0) is 18.4. The molecule has 0 fully saturated rings. The Labute approximate surface area is 115 Å². The first kappa shape index (κ1) is 22.7. The van der Waals surface area contributed by atoms with Crippen LogP contribution in [0.25, 0.3) is 0 Å². The van der Waals surface area contributed by atoms with Crippen LogP contribution in [0, 0.1) is 0 Å². The average Bonchev–Trinajstić information content (AvgIpc) is 2.26. The highest BCUT2D eigenvalue weighted by atomic mass is 19.4. The van der Waals surface area contributed by atoms with Crippen molar-refractivity contribution in [2.45, 2.75) is 31.7 Å². The molecule has 0 aliphatic heterocycles. The topological polar surface area (TPSA) is 72.8 Å². The first-order chi connectivity index (χ1) is 9.53. The van der Waals surface area contributed by atoms with Crippen LogP contribution in [0.1, 0.15) is 6.92 Å². The summed E-state index contributed by atoms with van der Waals surface area (Å²) in [5.41, 5.74) is 0. The third-order valence-corrected chi connectivity index (χ3v) is 1.25. The van der Waals surface area contributed by atoms with E-state index in [2.05, 4.69) is 9.47 Å². The van der Waals surface area contributed by atoms with Gasteiger partial charge >= 0.3 is 30.5 Å². The molecule has 0 radical (unpaired) electrons. The molecule has 1 unspecified atom stereocenters. The SMILES string of the molecule is CCOC(O)C(F)(F)F.O=C(OC(=O)C(F)(F)F)C(F)(F)F. The van der Waals surface area contributed by atoms with Gasteiger partial charge in [0.1, 0.15) is 0 Å². The predicted molar refractivity (Wildman–Crippen MR) is 46.9 cm³/mol. The van der Waals surface area contributed by atoms with Gasteiger partial charge in [0.15, 0.2) is 0 Å². The molecule has 0 heterocycles. The van der Waals surface area contributed by atoms with Crippen LogP contribution in [0.5, 0.6) is 0 Å². The van der Waals surface area contributed by atoms with Crippen molar-refractivity contribution in [1.29, 1.82) is 0 Å². The second-order valence-electron chi connectivity index (χ2n) is 3.02. The van der Waals surface area contributed by atoms with Crippen LogP contribution in [-0.4, -0.2) is 48.5 Å². The molecule has 5 nitrogen and oxygen atoms in total. The van der Waals surface area contributed by atoms with E-state index in [1.807, 2.05) is 0 Å². The molecule has 0 aliphatic carbocycles. The maximum Gasteiger partial charge on any atom is 0.491 e. The Morgan fingerprint density at radius 1 is 0.909 bits per heavy atom. The number of hydrogen-bond acceptors (Lipinski definition) is 5. The highest BCUT2D eigenvalue weighted by molar-refractivity contribution is 5.90. The molecule has 0 aliphatic rings. The third-order valence-electron chi connectivity index (χ3n) is 1.25. The Morgan fingerprint density at radius 2 is 1.23 bits per heavy atom. The van der Waals surface area contributed by atoms with Crippen molar-refractivity contribution in [2.24, 2.45) is 0 Å². The van der Waals surface area contributed by atoms with Gasteiger partial charge in [0.25, 0.3) is 6.29 Å². The highest BCUT2D eigenvalue weighted by Gasteiger charge is 2.49. The maximum absolute atomic E-state index is 11.3. The van der Waals surface area contributed by atoms with E-state index >= 15 is 0 Å². The smallest absolute Gasteiger partial charge is 0.380 e. The number of carbonyl (C=O) groups excluding carboxylic acids is 2. The van der Waals surface area contributed by atoms with Crippen molar-refractivity contribution in [3.8, 4) is 0 Å². The van der Waals surface area contributed by atoms with E-state index in [0.29, 0.717) is 0 Å². The molecule has 0 spiro atoms. The molecule has 14 heteroatoms. The van der Waals surface area contributed by atoms with Crippen molar-refractivity contribution in [3.63, 3.8) is 0 Å². The number of aliphatic hydroxyl groups is 1. The van der Waals surface area contributed by atoms with Crippen molar-refractivity contribution in [1.82, 2.24) is 0 Å².